The van der Waals surface area contributed by atoms with Gasteiger partial charge in [-0.05, 0) is 18.2 Å². The van der Waals surface area contributed by atoms with Crippen LogP contribution in [0.15, 0.2) is 32.7 Å². The van der Waals surface area contributed by atoms with Gasteiger partial charge >= 0.3 is 5.69 Å². The van der Waals surface area contributed by atoms with Gasteiger partial charge in [-0.3, -0.25) is 9.78 Å². The van der Waals surface area contributed by atoms with E-state index in [1.807, 2.05) is 0 Å². The lowest BCUT2D eigenvalue weighted by atomic mass is 10.2. The molecule has 0 bridgehead atoms. The van der Waals surface area contributed by atoms with Crippen LogP contribution in [0.25, 0.3) is 10.9 Å². The minimum absolute atomic E-state index is 0.394. The Kier molecular flexibility index (Phi) is 1.73. The Labute approximate surface area is 78.0 Å². The minimum Gasteiger partial charge on any atom is -0.307 e. The molecule has 0 saturated heterocycles. The molecule has 5 heteroatoms. The fraction of sp³-hybridized carbons (Fsp3) is 0. The molecule has 0 unspecified atom stereocenters. The molecule has 0 aliphatic carbocycles. The molecule has 0 saturated carbocycles. The quantitative estimate of drug-likeness (QED) is 0.535. The van der Waals surface area contributed by atoms with Gasteiger partial charge < -0.3 is 4.98 Å². The summed E-state index contributed by atoms with van der Waals surface area (Å²) >= 11 is 4.09. The van der Waals surface area contributed by atoms with Crippen LogP contribution in [0, 0.1) is 0 Å². The molecule has 0 aliphatic rings. The van der Waals surface area contributed by atoms with Gasteiger partial charge in [-0.25, -0.2) is 4.79 Å². The maximum atomic E-state index is 11.2. The lowest BCUT2D eigenvalue weighted by molar-refractivity contribution is 1.08. The fourth-order valence-corrected chi connectivity index (χ4v) is 1.36. The van der Waals surface area contributed by atoms with Gasteiger partial charge in [-0.2, -0.15) is 0 Å². The summed E-state index contributed by atoms with van der Waals surface area (Å²) in [5, 5.41) is 0.437. The molecule has 0 radical (unpaired) electrons. The average molecular weight is 194 g/mol. The predicted molar refractivity (Wildman–Crippen MR) is 52.4 cm³/mol. The highest BCUT2D eigenvalue weighted by molar-refractivity contribution is 7.80. The first-order valence-electron chi connectivity index (χ1n) is 3.62. The molecule has 0 amide bonds. The summed E-state index contributed by atoms with van der Waals surface area (Å²) in [6, 6.07) is 4.96. The molecule has 0 spiro atoms. The van der Waals surface area contributed by atoms with E-state index in [0.29, 0.717) is 15.8 Å². The van der Waals surface area contributed by atoms with Crippen LogP contribution in [-0.2, 0) is 0 Å². The second-order valence-electron chi connectivity index (χ2n) is 2.64. The van der Waals surface area contributed by atoms with Crippen LogP contribution in [0.1, 0.15) is 0 Å². The highest BCUT2D eigenvalue weighted by atomic mass is 32.1. The Morgan fingerprint density at radius 2 is 1.92 bits per heavy atom. The molecule has 0 aliphatic heterocycles. The van der Waals surface area contributed by atoms with Crippen molar-refractivity contribution in [2.24, 2.45) is 0 Å². The van der Waals surface area contributed by atoms with E-state index in [1.54, 1.807) is 18.2 Å². The third-order valence-electron chi connectivity index (χ3n) is 1.72. The summed E-state index contributed by atoms with van der Waals surface area (Å²) in [7, 11) is 0. The number of fused-ring (bicyclic) bond motifs is 1. The van der Waals surface area contributed by atoms with Crippen LogP contribution < -0.4 is 11.2 Å². The highest BCUT2D eigenvalue weighted by Crippen LogP contribution is 2.10. The first-order chi connectivity index (χ1) is 6.16. The van der Waals surface area contributed by atoms with Crippen LogP contribution in [0.3, 0.4) is 0 Å². The molecule has 2 rings (SSSR count). The maximum Gasteiger partial charge on any atom is 0.326 e. The van der Waals surface area contributed by atoms with E-state index >= 15 is 0 Å². The molecular formula is C8H6N2O2S. The van der Waals surface area contributed by atoms with E-state index in [1.165, 1.54) is 0 Å². The highest BCUT2D eigenvalue weighted by Gasteiger charge is 1.99. The summed E-state index contributed by atoms with van der Waals surface area (Å²) in [4.78, 5) is 27.4. The summed E-state index contributed by atoms with van der Waals surface area (Å²) < 4.78 is 0. The molecular weight excluding hydrogens is 188 g/mol. The number of nitrogens with one attached hydrogen (secondary N) is 2. The Morgan fingerprint density at radius 1 is 1.15 bits per heavy atom. The third-order valence-corrected chi connectivity index (χ3v) is 2.00. The number of benzene rings is 1. The lowest BCUT2D eigenvalue weighted by Gasteiger charge is -1.96. The van der Waals surface area contributed by atoms with E-state index in [4.69, 9.17) is 0 Å². The topological polar surface area (TPSA) is 65.7 Å². The van der Waals surface area contributed by atoms with Crippen molar-refractivity contribution >= 4 is 23.5 Å². The van der Waals surface area contributed by atoms with E-state index in [0.717, 1.165) is 0 Å². The Hall–Kier alpha value is -1.49. The predicted octanol–water partition coefficient (Wildman–Crippen LogP) is 0.505. The molecule has 4 nitrogen and oxygen atoms in total. The van der Waals surface area contributed by atoms with Crippen molar-refractivity contribution in [3.05, 3.63) is 39.0 Å². The van der Waals surface area contributed by atoms with Gasteiger partial charge in [0.2, 0.25) is 0 Å². The van der Waals surface area contributed by atoms with E-state index in [-0.39, 0.29) is 0 Å². The Balaban J connectivity index is 3.04. The molecule has 13 heavy (non-hydrogen) atoms. The van der Waals surface area contributed by atoms with Crippen molar-refractivity contribution < 1.29 is 0 Å². The largest absolute Gasteiger partial charge is 0.326 e. The lowest BCUT2D eigenvalue weighted by Crippen LogP contribution is -2.21. The number of aromatic amines is 2. The van der Waals surface area contributed by atoms with Crippen molar-refractivity contribution in [1.29, 1.82) is 0 Å². The maximum absolute atomic E-state index is 11.2. The van der Waals surface area contributed by atoms with E-state index < -0.39 is 11.2 Å². The molecule has 2 N–H and O–H groups in total. The Morgan fingerprint density at radius 3 is 2.69 bits per heavy atom. The van der Waals surface area contributed by atoms with Crippen molar-refractivity contribution in [2.45, 2.75) is 4.90 Å². The fourth-order valence-electron chi connectivity index (χ4n) is 1.15. The summed E-state index contributed by atoms with van der Waals surface area (Å²) in [5.41, 5.74) is -0.370. The summed E-state index contributed by atoms with van der Waals surface area (Å²) in [6.07, 6.45) is 0. The van der Waals surface area contributed by atoms with E-state index in [9.17, 15) is 9.59 Å². The van der Waals surface area contributed by atoms with Gasteiger partial charge in [-0.1, -0.05) is 0 Å². The minimum atomic E-state index is -0.496. The van der Waals surface area contributed by atoms with E-state index in [2.05, 4.69) is 22.6 Å². The molecule has 2 aromatic rings. The molecule has 0 fully saturated rings. The van der Waals surface area contributed by atoms with Crippen LogP contribution >= 0.6 is 12.6 Å². The Bertz CT molecular complexity index is 570. The number of H-pyrrole nitrogens is 2. The average Bonchev–Trinajstić information content (AvgIpc) is 2.06. The number of hydrogen-bond donors (Lipinski definition) is 3. The summed E-state index contributed by atoms with van der Waals surface area (Å²) in [6.45, 7) is 0. The first kappa shape index (κ1) is 8.12. The number of hydrogen-bond acceptors (Lipinski definition) is 3. The van der Waals surface area contributed by atoms with Gasteiger partial charge in [0.1, 0.15) is 0 Å². The van der Waals surface area contributed by atoms with Gasteiger partial charge in [-0.15, -0.1) is 12.6 Å². The zero-order chi connectivity index (χ0) is 9.42. The van der Waals surface area contributed by atoms with Crippen LogP contribution in [0.4, 0.5) is 0 Å². The molecule has 1 aromatic carbocycles. The van der Waals surface area contributed by atoms with Crippen molar-refractivity contribution in [3.63, 3.8) is 0 Å². The van der Waals surface area contributed by atoms with Gasteiger partial charge in [0, 0.05) is 4.90 Å². The standard InChI is InChI=1S/C8H6N2O2S/c11-7-5-3-4(13)1-2-6(5)9-8(12)10-7/h1-3,13H,(H2,9,10,11,12). The van der Waals surface area contributed by atoms with Crippen molar-refractivity contribution in [2.75, 3.05) is 0 Å². The zero-order valence-electron chi connectivity index (χ0n) is 6.50. The number of aromatic nitrogens is 2. The number of thiol groups is 1. The molecule has 1 aromatic heterocycles. The van der Waals surface area contributed by atoms with Gasteiger partial charge in [0.05, 0.1) is 10.9 Å². The second-order valence-corrected chi connectivity index (χ2v) is 3.15. The van der Waals surface area contributed by atoms with Gasteiger partial charge in [0.15, 0.2) is 0 Å². The summed E-state index contributed by atoms with van der Waals surface area (Å²) in [5.74, 6) is 0. The SMILES string of the molecule is O=c1[nH]c(=O)c2cc(S)ccc2[nH]1. The molecule has 1 heterocycles. The van der Waals surface area contributed by atoms with Crippen molar-refractivity contribution in [3.8, 4) is 0 Å². The monoisotopic (exact) mass is 194 g/mol. The molecule has 66 valence electrons. The van der Waals surface area contributed by atoms with Crippen molar-refractivity contribution in [1.82, 2.24) is 9.97 Å². The van der Waals surface area contributed by atoms with Gasteiger partial charge in [0.25, 0.3) is 5.56 Å². The van der Waals surface area contributed by atoms with Crippen LogP contribution in [0.2, 0.25) is 0 Å². The normalized spacial score (nSPS) is 10.5. The second kappa shape index (κ2) is 2.77. The number of rotatable bonds is 0. The molecule has 0 atom stereocenters. The van der Waals surface area contributed by atoms with Crippen LogP contribution in [0.5, 0.6) is 0 Å². The zero-order valence-corrected chi connectivity index (χ0v) is 7.39. The van der Waals surface area contributed by atoms with Crippen LogP contribution in [-0.4, -0.2) is 9.97 Å². The first-order valence-corrected chi connectivity index (χ1v) is 4.07. The smallest absolute Gasteiger partial charge is 0.307 e. The third kappa shape index (κ3) is 1.38.